The standard InChI is InChI=1S/C31H39N3O6S/c1-21(2)32-31(36)24(5)33(19-25-11-9-8-10-23(25)4)30(35)20-34(28-18-26(39-6)14-17-29(28)40-7)41(37,38)27-15-12-22(3)13-16-27/h8-18,21,24H,19-20H2,1-7H3,(H,32,36)/t24-/m1/s1. The number of carbonyl (C=O) groups excluding carboxylic acids is 2. The Morgan fingerprint density at radius 1 is 0.902 bits per heavy atom. The van der Waals surface area contributed by atoms with Crippen LogP contribution in [-0.4, -0.2) is 58.0 Å². The van der Waals surface area contributed by atoms with E-state index in [2.05, 4.69) is 5.32 Å². The van der Waals surface area contributed by atoms with Crippen LogP contribution in [-0.2, 0) is 26.2 Å². The molecule has 0 aliphatic carbocycles. The maximum atomic E-state index is 14.1. The highest BCUT2D eigenvalue weighted by Gasteiger charge is 2.34. The molecule has 0 saturated heterocycles. The molecule has 3 aromatic carbocycles. The molecule has 0 spiro atoms. The minimum absolute atomic E-state index is 0.0110. The zero-order chi connectivity index (χ0) is 30.3. The summed E-state index contributed by atoms with van der Waals surface area (Å²) in [6.45, 7) is 8.63. The number of carbonyl (C=O) groups is 2. The average Bonchev–Trinajstić information content (AvgIpc) is 2.94. The van der Waals surface area contributed by atoms with E-state index in [-0.39, 0.29) is 34.8 Å². The van der Waals surface area contributed by atoms with E-state index >= 15 is 0 Å². The summed E-state index contributed by atoms with van der Waals surface area (Å²) in [5, 5.41) is 2.86. The third-order valence-corrected chi connectivity index (χ3v) is 8.52. The average molecular weight is 582 g/mol. The topological polar surface area (TPSA) is 105 Å². The van der Waals surface area contributed by atoms with E-state index in [4.69, 9.17) is 9.47 Å². The number of hydrogen-bond donors (Lipinski definition) is 1. The Labute approximate surface area is 243 Å². The van der Waals surface area contributed by atoms with Crippen molar-refractivity contribution in [1.29, 1.82) is 0 Å². The van der Waals surface area contributed by atoms with E-state index in [1.54, 1.807) is 31.2 Å². The van der Waals surface area contributed by atoms with Gasteiger partial charge in [0.05, 0.1) is 24.8 Å². The van der Waals surface area contributed by atoms with Gasteiger partial charge >= 0.3 is 0 Å². The van der Waals surface area contributed by atoms with Gasteiger partial charge in [-0.2, -0.15) is 0 Å². The van der Waals surface area contributed by atoms with Crippen LogP contribution in [0.2, 0.25) is 0 Å². The number of nitrogens with one attached hydrogen (secondary N) is 1. The number of nitrogens with zero attached hydrogens (tertiary/aromatic N) is 2. The Hall–Kier alpha value is -4.05. The summed E-state index contributed by atoms with van der Waals surface area (Å²) in [6, 6.07) is 17.7. The first-order valence-electron chi connectivity index (χ1n) is 13.3. The third kappa shape index (κ3) is 7.58. The predicted octanol–water partition coefficient (Wildman–Crippen LogP) is 4.46. The molecule has 9 nitrogen and oxygen atoms in total. The lowest BCUT2D eigenvalue weighted by molar-refractivity contribution is -0.139. The molecule has 0 aromatic heterocycles. The van der Waals surface area contributed by atoms with Gasteiger partial charge in [-0.25, -0.2) is 8.42 Å². The molecular weight excluding hydrogens is 542 g/mol. The number of sulfonamides is 1. The monoisotopic (exact) mass is 581 g/mol. The first-order chi connectivity index (χ1) is 19.4. The lowest BCUT2D eigenvalue weighted by atomic mass is 10.1. The quantitative estimate of drug-likeness (QED) is 0.339. The van der Waals surface area contributed by atoms with Crippen molar-refractivity contribution in [3.63, 3.8) is 0 Å². The van der Waals surface area contributed by atoms with E-state index < -0.39 is 28.5 Å². The Morgan fingerprint density at radius 2 is 1.56 bits per heavy atom. The van der Waals surface area contributed by atoms with Gasteiger partial charge in [0.25, 0.3) is 10.0 Å². The summed E-state index contributed by atoms with van der Waals surface area (Å²) in [6.07, 6.45) is 0. The van der Waals surface area contributed by atoms with Gasteiger partial charge in [-0.1, -0.05) is 42.0 Å². The van der Waals surface area contributed by atoms with E-state index in [0.717, 1.165) is 21.0 Å². The molecule has 1 N–H and O–H groups in total. The SMILES string of the molecule is COc1ccc(OC)c(N(CC(=O)N(Cc2ccccc2C)[C@H](C)C(=O)NC(C)C)S(=O)(=O)c2ccc(C)cc2)c1. The van der Waals surface area contributed by atoms with Gasteiger partial charge in [-0.3, -0.25) is 13.9 Å². The lowest BCUT2D eigenvalue weighted by Crippen LogP contribution is -2.52. The number of aryl methyl sites for hydroxylation is 2. The number of benzene rings is 3. The molecule has 0 radical (unpaired) electrons. The van der Waals surface area contributed by atoms with Gasteiger partial charge in [-0.05, 0) is 70.0 Å². The number of rotatable bonds is 12. The van der Waals surface area contributed by atoms with Crippen molar-refractivity contribution in [2.45, 2.75) is 58.1 Å². The fraction of sp³-hybridized carbons (Fsp3) is 0.355. The highest BCUT2D eigenvalue weighted by atomic mass is 32.2. The van der Waals surface area contributed by atoms with E-state index in [1.165, 1.54) is 37.3 Å². The number of anilines is 1. The van der Waals surface area contributed by atoms with Crippen molar-refractivity contribution in [2.24, 2.45) is 0 Å². The van der Waals surface area contributed by atoms with E-state index in [0.29, 0.717) is 5.75 Å². The molecule has 2 amide bonds. The number of methoxy groups -OCH3 is 2. The summed E-state index contributed by atoms with van der Waals surface area (Å²) >= 11 is 0. The predicted molar refractivity (Wildman–Crippen MR) is 160 cm³/mol. The Balaban J connectivity index is 2.14. The molecule has 0 fully saturated rings. The Kier molecular flexibility index (Phi) is 10.4. The van der Waals surface area contributed by atoms with Crippen LogP contribution in [0.5, 0.6) is 11.5 Å². The van der Waals surface area contributed by atoms with Crippen molar-refractivity contribution in [3.05, 3.63) is 83.4 Å². The lowest BCUT2D eigenvalue weighted by Gasteiger charge is -2.33. The summed E-state index contributed by atoms with van der Waals surface area (Å²) in [5.74, 6) is -0.266. The summed E-state index contributed by atoms with van der Waals surface area (Å²) in [4.78, 5) is 28.6. The zero-order valence-electron chi connectivity index (χ0n) is 24.7. The normalized spacial score (nSPS) is 12.0. The second-order valence-electron chi connectivity index (χ2n) is 10.1. The fourth-order valence-corrected chi connectivity index (χ4v) is 5.72. The summed E-state index contributed by atoms with van der Waals surface area (Å²) in [5.41, 5.74) is 2.81. The third-order valence-electron chi connectivity index (χ3n) is 6.74. The summed E-state index contributed by atoms with van der Waals surface area (Å²) in [7, 11) is -1.36. The zero-order valence-corrected chi connectivity index (χ0v) is 25.5. The van der Waals surface area contributed by atoms with Crippen molar-refractivity contribution in [3.8, 4) is 11.5 Å². The minimum Gasteiger partial charge on any atom is -0.497 e. The molecule has 3 aromatic rings. The van der Waals surface area contributed by atoms with Gasteiger partial charge in [0.1, 0.15) is 24.1 Å². The minimum atomic E-state index is -4.25. The molecule has 0 bridgehead atoms. The molecule has 0 aliphatic rings. The number of ether oxygens (including phenoxy) is 2. The van der Waals surface area contributed by atoms with Crippen LogP contribution in [0.1, 0.15) is 37.5 Å². The molecule has 0 unspecified atom stereocenters. The van der Waals surface area contributed by atoms with Gasteiger partial charge in [-0.15, -0.1) is 0 Å². The van der Waals surface area contributed by atoms with Gasteiger partial charge in [0.15, 0.2) is 0 Å². The van der Waals surface area contributed by atoms with Crippen molar-refractivity contribution in [2.75, 3.05) is 25.1 Å². The first-order valence-corrected chi connectivity index (χ1v) is 14.8. The van der Waals surface area contributed by atoms with Crippen molar-refractivity contribution >= 4 is 27.5 Å². The maximum absolute atomic E-state index is 14.1. The smallest absolute Gasteiger partial charge is 0.264 e. The summed E-state index contributed by atoms with van der Waals surface area (Å²) < 4.78 is 40.1. The van der Waals surface area contributed by atoms with Crippen LogP contribution in [0.3, 0.4) is 0 Å². The molecule has 1 atom stereocenters. The molecule has 41 heavy (non-hydrogen) atoms. The fourth-order valence-electron chi connectivity index (χ4n) is 4.30. The highest BCUT2D eigenvalue weighted by molar-refractivity contribution is 7.92. The molecule has 3 rings (SSSR count). The maximum Gasteiger partial charge on any atom is 0.264 e. The van der Waals surface area contributed by atoms with Gasteiger partial charge in [0.2, 0.25) is 11.8 Å². The van der Waals surface area contributed by atoms with Crippen LogP contribution in [0.25, 0.3) is 0 Å². The van der Waals surface area contributed by atoms with Crippen LogP contribution < -0.4 is 19.1 Å². The number of amides is 2. The van der Waals surface area contributed by atoms with Gasteiger partial charge < -0.3 is 19.7 Å². The molecule has 0 aliphatic heterocycles. The van der Waals surface area contributed by atoms with Crippen LogP contribution in [0, 0.1) is 13.8 Å². The number of hydrogen-bond acceptors (Lipinski definition) is 6. The van der Waals surface area contributed by atoms with Crippen LogP contribution in [0.4, 0.5) is 5.69 Å². The molecule has 220 valence electrons. The van der Waals surface area contributed by atoms with E-state index in [1.807, 2.05) is 52.0 Å². The van der Waals surface area contributed by atoms with Crippen LogP contribution >= 0.6 is 0 Å². The second kappa shape index (κ2) is 13.5. The van der Waals surface area contributed by atoms with Crippen molar-refractivity contribution < 1.29 is 27.5 Å². The largest absolute Gasteiger partial charge is 0.497 e. The van der Waals surface area contributed by atoms with E-state index in [9.17, 15) is 18.0 Å². The Bertz CT molecular complexity index is 1470. The molecule has 10 heteroatoms. The van der Waals surface area contributed by atoms with Gasteiger partial charge in [0, 0.05) is 18.7 Å². The molecular formula is C31H39N3O6S. The second-order valence-corrected chi connectivity index (χ2v) is 12.0. The highest BCUT2D eigenvalue weighted by Crippen LogP contribution is 2.36. The molecule has 0 heterocycles. The Morgan fingerprint density at radius 3 is 2.15 bits per heavy atom. The van der Waals surface area contributed by atoms with Crippen LogP contribution in [0.15, 0.2) is 71.6 Å². The molecule has 0 saturated carbocycles. The van der Waals surface area contributed by atoms with Crippen molar-refractivity contribution in [1.82, 2.24) is 10.2 Å². The first kappa shape index (κ1) is 31.5.